The number of benzene rings is 2. The highest BCUT2D eigenvalue weighted by atomic mass is 32.2. The number of hydrogen-bond acceptors (Lipinski definition) is 3. The van der Waals surface area contributed by atoms with E-state index in [1.54, 1.807) is 0 Å². The molecule has 1 amide bonds. The van der Waals surface area contributed by atoms with Gasteiger partial charge in [0.25, 0.3) is 0 Å². The molecule has 2 aromatic rings. The van der Waals surface area contributed by atoms with E-state index in [1.165, 1.54) is 23.1 Å². The van der Waals surface area contributed by atoms with Crippen LogP contribution in [0, 0.1) is 17.6 Å². The third-order valence-corrected chi connectivity index (χ3v) is 7.75. The second kappa shape index (κ2) is 8.11. The van der Waals surface area contributed by atoms with Crippen molar-refractivity contribution in [2.24, 2.45) is 5.92 Å². The smallest absolute Gasteiger partial charge is 0.340 e. The third-order valence-electron chi connectivity index (χ3n) is 5.85. The van der Waals surface area contributed by atoms with Crippen LogP contribution in [0.2, 0.25) is 0 Å². The fourth-order valence-electron chi connectivity index (χ4n) is 4.06. The first-order chi connectivity index (χ1) is 15.0. The van der Waals surface area contributed by atoms with Gasteiger partial charge in [-0.2, -0.15) is 17.5 Å². The van der Waals surface area contributed by atoms with Crippen molar-refractivity contribution >= 4 is 15.9 Å². The molecule has 0 bridgehead atoms. The molecule has 4 rings (SSSR count). The predicted molar refractivity (Wildman–Crippen MR) is 104 cm³/mol. The second-order valence-corrected chi connectivity index (χ2v) is 9.78. The lowest BCUT2D eigenvalue weighted by atomic mass is 10.0. The highest BCUT2D eigenvalue weighted by Crippen LogP contribution is 2.51. The summed E-state index contributed by atoms with van der Waals surface area (Å²) in [6.07, 6.45) is -4.20. The van der Waals surface area contributed by atoms with E-state index in [2.05, 4.69) is 0 Å². The SMILES string of the molecule is O=C(C1CC1c1ccccc1C(F)(F)F)N1CCN(S(=O)(=O)c2ccc(F)c(F)c2)CC1. The van der Waals surface area contributed by atoms with Gasteiger partial charge >= 0.3 is 6.18 Å². The van der Waals surface area contributed by atoms with Crippen molar-refractivity contribution in [3.63, 3.8) is 0 Å². The van der Waals surface area contributed by atoms with Crippen molar-refractivity contribution in [2.75, 3.05) is 26.2 Å². The van der Waals surface area contributed by atoms with E-state index in [9.17, 15) is 35.2 Å². The van der Waals surface area contributed by atoms with Crippen LogP contribution in [-0.2, 0) is 21.0 Å². The summed E-state index contributed by atoms with van der Waals surface area (Å²) in [5.74, 6) is -3.85. The zero-order valence-corrected chi connectivity index (χ0v) is 17.5. The van der Waals surface area contributed by atoms with Crippen LogP contribution in [0.1, 0.15) is 23.5 Å². The minimum absolute atomic E-state index is 0.0520. The molecular weight excluding hydrogens is 455 g/mol. The van der Waals surface area contributed by atoms with Gasteiger partial charge in [0.05, 0.1) is 10.5 Å². The quantitative estimate of drug-likeness (QED) is 0.637. The molecule has 1 aliphatic carbocycles. The zero-order chi connectivity index (χ0) is 23.3. The second-order valence-electron chi connectivity index (χ2n) is 7.84. The fourth-order valence-corrected chi connectivity index (χ4v) is 5.49. The molecule has 172 valence electrons. The molecule has 2 fully saturated rings. The molecule has 2 atom stereocenters. The topological polar surface area (TPSA) is 57.7 Å². The Morgan fingerprint density at radius 3 is 2.22 bits per heavy atom. The lowest BCUT2D eigenvalue weighted by Crippen LogP contribution is -2.51. The highest BCUT2D eigenvalue weighted by molar-refractivity contribution is 7.89. The molecular formula is C21H19F5N2O3S. The predicted octanol–water partition coefficient (Wildman–Crippen LogP) is 3.62. The molecule has 0 spiro atoms. The van der Waals surface area contributed by atoms with Crippen LogP contribution in [0.25, 0.3) is 0 Å². The molecule has 2 aliphatic rings. The average Bonchev–Trinajstić information content (AvgIpc) is 3.55. The number of hydrogen-bond donors (Lipinski definition) is 0. The van der Waals surface area contributed by atoms with Crippen LogP contribution in [0.5, 0.6) is 0 Å². The largest absolute Gasteiger partial charge is 0.416 e. The van der Waals surface area contributed by atoms with Gasteiger partial charge in [-0.1, -0.05) is 18.2 Å². The number of nitrogens with zero attached hydrogens (tertiary/aromatic N) is 2. The maximum absolute atomic E-state index is 13.4. The minimum Gasteiger partial charge on any atom is -0.340 e. The molecule has 32 heavy (non-hydrogen) atoms. The first-order valence-corrected chi connectivity index (χ1v) is 11.3. The van der Waals surface area contributed by atoms with Gasteiger partial charge in [-0.05, 0) is 42.2 Å². The lowest BCUT2D eigenvalue weighted by Gasteiger charge is -2.34. The van der Waals surface area contributed by atoms with Gasteiger partial charge in [-0.3, -0.25) is 4.79 Å². The minimum atomic E-state index is -4.51. The van der Waals surface area contributed by atoms with E-state index < -0.39 is 45.2 Å². The summed E-state index contributed by atoms with van der Waals surface area (Å²) in [5.41, 5.74) is -0.652. The number of amides is 1. The fraction of sp³-hybridized carbons (Fsp3) is 0.381. The lowest BCUT2D eigenvalue weighted by molar-refractivity contribution is -0.139. The van der Waals surface area contributed by atoms with Crippen molar-refractivity contribution in [2.45, 2.75) is 23.4 Å². The number of alkyl halides is 3. The van der Waals surface area contributed by atoms with E-state index in [4.69, 9.17) is 0 Å². The van der Waals surface area contributed by atoms with E-state index >= 15 is 0 Å². The molecule has 11 heteroatoms. The van der Waals surface area contributed by atoms with Gasteiger partial charge in [0.2, 0.25) is 15.9 Å². The Kier molecular flexibility index (Phi) is 5.74. The Hall–Kier alpha value is -2.53. The summed E-state index contributed by atoms with van der Waals surface area (Å²) < 4.78 is 92.7. The van der Waals surface area contributed by atoms with E-state index in [-0.39, 0.29) is 42.5 Å². The molecule has 0 aromatic heterocycles. The summed E-state index contributed by atoms with van der Waals surface area (Å²) in [7, 11) is -4.07. The summed E-state index contributed by atoms with van der Waals surface area (Å²) in [6.45, 7) is 0.0188. The Balaban J connectivity index is 1.40. The molecule has 1 heterocycles. The van der Waals surface area contributed by atoms with Gasteiger partial charge < -0.3 is 4.90 Å². The molecule has 2 aromatic carbocycles. The molecule has 2 unspecified atom stereocenters. The van der Waals surface area contributed by atoms with Crippen LogP contribution >= 0.6 is 0 Å². The summed E-state index contributed by atoms with van der Waals surface area (Å²) in [5, 5.41) is 0. The van der Waals surface area contributed by atoms with Crippen LogP contribution in [-0.4, -0.2) is 49.7 Å². The number of carbonyl (C=O) groups is 1. The normalized spacial score (nSPS) is 22.1. The van der Waals surface area contributed by atoms with Crippen molar-refractivity contribution in [3.05, 3.63) is 65.2 Å². The van der Waals surface area contributed by atoms with Gasteiger partial charge in [0.15, 0.2) is 11.6 Å². The zero-order valence-electron chi connectivity index (χ0n) is 16.6. The Morgan fingerprint density at radius 1 is 0.938 bits per heavy atom. The van der Waals surface area contributed by atoms with Crippen LogP contribution in [0.3, 0.4) is 0 Å². The number of halogens is 5. The van der Waals surface area contributed by atoms with Gasteiger partial charge in [0.1, 0.15) is 0 Å². The standard InChI is InChI=1S/C21H19F5N2O3S/c22-18-6-5-13(11-19(18)23)32(30,31)28-9-7-27(8-10-28)20(29)16-12-15(16)14-3-1-2-4-17(14)21(24,25)26/h1-6,11,15-16H,7-10,12H2. The number of sulfonamides is 1. The van der Waals surface area contributed by atoms with E-state index in [1.807, 2.05) is 0 Å². The molecule has 0 N–H and O–H groups in total. The van der Waals surface area contributed by atoms with Crippen molar-refractivity contribution < 1.29 is 35.2 Å². The summed E-state index contributed by atoms with van der Waals surface area (Å²) >= 11 is 0. The molecule has 5 nitrogen and oxygen atoms in total. The van der Waals surface area contributed by atoms with E-state index in [0.29, 0.717) is 12.5 Å². The first kappa shape index (κ1) is 22.7. The van der Waals surface area contributed by atoms with Crippen LogP contribution < -0.4 is 0 Å². The Labute approximate surface area is 181 Å². The molecule has 0 radical (unpaired) electrons. The van der Waals surface area contributed by atoms with Crippen molar-refractivity contribution in [1.82, 2.24) is 9.21 Å². The van der Waals surface area contributed by atoms with Gasteiger partial charge in [-0.15, -0.1) is 0 Å². The van der Waals surface area contributed by atoms with Gasteiger partial charge in [-0.25, -0.2) is 17.2 Å². The molecule has 1 saturated carbocycles. The number of rotatable bonds is 4. The first-order valence-electron chi connectivity index (χ1n) is 9.90. The van der Waals surface area contributed by atoms with Crippen molar-refractivity contribution in [1.29, 1.82) is 0 Å². The van der Waals surface area contributed by atoms with E-state index in [0.717, 1.165) is 22.5 Å². The van der Waals surface area contributed by atoms with Crippen LogP contribution in [0.15, 0.2) is 47.4 Å². The Bertz CT molecular complexity index is 1140. The highest BCUT2D eigenvalue weighted by Gasteiger charge is 2.49. The summed E-state index contributed by atoms with van der Waals surface area (Å²) in [4.78, 5) is 13.9. The number of piperazine rings is 1. The number of carbonyl (C=O) groups excluding carboxylic acids is 1. The van der Waals surface area contributed by atoms with Crippen LogP contribution in [0.4, 0.5) is 22.0 Å². The average molecular weight is 474 g/mol. The third kappa shape index (κ3) is 4.23. The molecule has 1 aliphatic heterocycles. The maximum Gasteiger partial charge on any atom is 0.416 e. The summed E-state index contributed by atoms with van der Waals surface area (Å²) in [6, 6.07) is 7.50. The monoisotopic (exact) mass is 474 g/mol. The van der Waals surface area contributed by atoms with Crippen molar-refractivity contribution in [3.8, 4) is 0 Å². The molecule has 1 saturated heterocycles. The van der Waals surface area contributed by atoms with Gasteiger partial charge in [0, 0.05) is 32.1 Å². The maximum atomic E-state index is 13.4. The Morgan fingerprint density at radius 2 is 1.59 bits per heavy atom.